The average molecular weight is 488 g/mol. The number of amides is 1. The molecule has 1 unspecified atom stereocenters. The second-order valence-corrected chi connectivity index (χ2v) is 8.09. The zero-order chi connectivity index (χ0) is 17.5. The largest absolute Gasteiger partial charge is 0.355 e. The number of benzene rings is 1. The van der Waals surface area contributed by atoms with E-state index in [1.807, 2.05) is 23.7 Å². The van der Waals surface area contributed by atoms with Crippen LogP contribution in [0.15, 0.2) is 29.3 Å². The maximum Gasteiger partial charge on any atom is 0.222 e. The highest BCUT2D eigenvalue weighted by atomic mass is 127. The van der Waals surface area contributed by atoms with Gasteiger partial charge in [-0.25, -0.2) is 0 Å². The van der Waals surface area contributed by atoms with Crippen molar-refractivity contribution < 1.29 is 4.79 Å². The summed E-state index contributed by atoms with van der Waals surface area (Å²) < 4.78 is 0. The van der Waals surface area contributed by atoms with E-state index in [1.54, 1.807) is 0 Å². The molecule has 1 atom stereocenters. The Hall–Kier alpha value is -0.960. The Kier molecular flexibility index (Phi) is 9.04. The zero-order valence-electron chi connectivity index (χ0n) is 15.4. The molecule has 1 amide bonds. The van der Waals surface area contributed by atoms with E-state index in [0.717, 1.165) is 38.6 Å². The van der Waals surface area contributed by atoms with Crippen molar-refractivity contribution in [3.05, 3.63) is 35.4 Å². The smallest absolute Gasteiger partial charge is 0.222 e. The molecule has 0 aromatic heterocycles. The molecule has 2 heterocycles. The van der Waals surface area contributed by atoms with Crippen LogP contribution in [0.5, 0.6) is 0 Å². The fourth-order valence-corrected chi connectivity index (χ4v) is 4.55. The molecule has 0 saturated carbocycles. The highest BCUT2D eigenvalue weighted by Crippen LogP contribution is 2.25. The third-order valence-corrected chi connectivity index (χ3v) is 6.14. The van der Waals surface area contributed by atoms with Gasteiger partial charge in [-0.15, -0.1) is 24.0 Å². The first-order chi connectivity index (χ1) is 12.2. The fraction of sp³-hybridized carbons (Fsp3) is 0.579. The van der Waals surface area contributed by atoms with Gasteiger partial charge in [0.05, 0.1) is 0 Å². The number of likely N-dealkylation sites (tertiary alicyclic amines) is 1. The molecule has 1 aromatic rings. The van der Waals surface area contributed by atoms with E-state index in [4.69, 9.17) is 0 Å². The lowest BCUT2D eigenvalue weighted by Crippen LogP contribution is -2.39. The summed E-state index contributed by atoms with van der Waals surface area (Å²) in [7, 11) is 1.81. The van der Waals surface area contributed by atoms with Crippen molar-refractivity contribution in [2.45, 2.75) is 44.0 Å². The van der Waals surface area contributed by atoms with Crippen molar-refractivity contribution in [2.75, 3.05) is 25.9 Å². The molecule has 5 nitrogen and oxygen atoms in total. The predicted molar refractivity (Wildman–Crippen MR) is 120 cm³/mol. The van der Waals surface area contributed by atoms with Gasteiger partial charge in [-0.1, -0.05) is 24.3 Å². The second-order valence-electron chi connectivity index (χ2n) is 6.68. The predicted octanol–water partition coefficient (Wildman–Crippen LogP) is 2.99. The summed E-state index contributed by atoms with van der Waals surface area (Å²) in [5, 5.41) is 7.52. The number of hydrogen-bond donors (Lipinski definition) is 2. The summed E-state index contributed by atoms with van der Waals surface area (Å²) >= 11 is 2.05. The zero-order valence-corrected chi connectivity index (χ0v) is 18.5. The standard InChI is InChI=1S/C19H28N4OS.HI/c1-20-19(22-13-17-7-4-10-25-17)21-12-15-5-2-6-16(11-15)14-23-9-3-8-18(23)24;/h2,5-6,11,17H,3-4,7-10,12-14H2,1H3,(H2,20,21,22);1H. The van der Waals surface area contributed by atoms with Crippen LogP contribution in [0, 0.1) is 0 Å². The molecule has 0 spiro atoms. The molecule has 0 aliphatic carbocycles. The number of nitrogens with one attached hydrogen (secondary N) is 2. The Labute approximate surface area is 177 Å². The fourth-order valence-electron chi connectivity index (χ4n) is 3.35. The van der Waals surface area contributed by atoms with Crippen molar-refractivity contribution >= 4 is 47.6 Å². The highest BCUT2D eigenvalue weighted by molar-refractivity contribution is 14.0. The topological polar surface area (TPSA) is 56.7 Å². The molecule has 26 heavy (non-hydrogen) atoms. The molecular weight excluding hydrogens is 459 g/mol. The van der Waals surface area contributed by atoms with Crippen LogP contribution in [-0.2, 0) is 17.9 Å². The molecule has 0 bridgehead atoms. The summed E-state index contributed by atoms with van der Waals surface area (Å²) in [4.78, 5) is 18.0. The van der Waals surface area contributed by atoms with Gasteiger partial charge in [-0.2, -0.15) is 11.8 Å². The van der Waals surface area contributed by atoms with E-state index >= 15 is 0 Å². The molecule has 1 aromatic carbocycles. The van der Waals surface area contributed by atoms with Gasteiger partial charge in [0.25, 0.3) is 0 Å². The number of aliphatic imine (C=N–C) groups is 1. The number of hydrogen-bond acceptors (Lipinski definition) is 3. The summed E-state index contributed by atoms with van der Waals surface area (Å²) in [5.41, 5.74) is 2.40. The summed E-state index contributed by atoms with van der Waals surface area (Å²) in [5.74, 6) is 2.41. The van der Waals surface area contributed by atoms with E-state index < -0.39 is 0 Å². The van der Waals surface area contributed by atoms with Gasteiger partial charge in [-0.05, 0) is 36.1 Å². The Bertz CT molecular complexity index is 619. The van der Waals surface area contributed by atoms with Gasteiger partial charge in [0.2, 0.25) is 5.91 Å². The maximum atomic E-state index is 11.8. The Balaban J connectivity index is 0.00000243. The van der Waals surface area contributed by atoms with Crippen LogP contribution >= 0.6 is 35.7 Å². The highest BCUT2D eigenvalue weighted by Gasteiger charge is 2.20. The van der Waals surface area contributed by atoms with Crippen molar-refractivity contribution in [1.29, 1.82) is 0 Å². The van der Waals surface area contributed by atoms with E-state index in [-0.39, 0.29) is 29.9 Å². The molecular formula is C19H29IN4OS. The Morgan fingerprint density at radius 2 is 2.15 bits per heavy atom. The Morgan fingerprint density at radius 1 is 1.31 bits per heavy atom. The lowest BCUT2D eigenvalue weighted by atomic mass is 10.1. The lowest BCUT2D eigenvalue weighted by Gasteiger charge is -2.17. The van der Waals surface area contributed by atoms with Gasteiger partial charge >= 0.3 is 0 Å². The lowest BCUT2D eigenvalue weighted by molar-refractivity contribution is -0.128. The minimum Gasteiger partial charge on any atom is -0.355 e. The van der Waals surface area contributed by atoms with Crippen LogP contribution in [0.25, 0.3) is 0 Å². The number of nitrogens with zero attached hydrogens (tertiary/aromatic N) is 2. The number of rotatable bonds is 6. The average Bonchev–Trinajstić information content (AvgIpc) is 3.28. The first-order valence-corrected chi connectivity index (χ1v) is 10.2. The first-order valence-electron chi connectivity index (χ1n) is 9.16. The van der Waals surface area contributed by atoms with Crippen molar-refractivity contribution in [2.24, 2.45) is 4.99 Å². The molecule has 2 fully saturated rings. The summed E-state index contributed by atoms with van der Waals surface area (Å²) in [6.45, 7) is 3.32. The number of guanidine groups is 1. The minimum atomic E-state index is 0. The van der Waals surface area contributed by atoms with Crippen molar-refractivity contribution in [3.8, 4) is 0 Å². The van der Waals surface area contributed by atoms with Crippen LogP contribution in [0.1, 0.15) is 36.8 Å². The van der Waals surface area contributed by atoms with Gasteiger partial charge < -0.3 is 15.5 Å². The van der Waals surface area contributed by atoms with E-state index in [9.17, 15) is 4.79 Å². The van der Waals surface area contributed by atoms with Crippen molar-refractivity contribution in [1.82, 2.24) is 15.5 Å². The summed E-state index contributed by atoms with van der Waals surface area (Å²) in [6, 6.07) is 8.46. The molecule has 144 valence electrons. The van der Waals surface area contributed by atoms with Crippen molar-refractivity contribution in [3.63, 3.8) is 0 Å². The van der Waals surface area contributed by atoms with Crippen LogP contribution in [0.3, 0.4) is 0 Å². The SMILES string of the molecule is CN=C(NCc1cccc(CN2CCCC2=O)c1)NCC1CCCS1.I. The third kappa shape index (κ3) is 6.33. The van der Waals surface area contributed by atoms with E-state index in [2.05, 4.69) is 39.9 Å². The quantitative estimate of drug-likeness (QED) is 0.368. The molecule has 0 radical (unpaired) electrons. The number of carbonyl (C=O) groups excluding carboxylic acids is 1. The number of carbonyl (C=O) groups is 1. The van der Waals surface area contributed by atoms with Gasteiger partial charge in [0.1, 0.15) is 0 Å². The molecule has 2 aliphatic rings. The molecule has 7 heteroatoms. The maximum absolute atomic E-state index is 11.8. The van der Waals surface area contributed by atoms with Crippen LogP contribution in [-0.4, -0.2) is 47.9 Å². The molecule has 2 saturated heterocycles. The Morgan fingerprint density at radius 3 is 2.85 bits per heavy atom. The van der Waals surface area contributed by atoms with Gasteiger partial charge in [-0.3, -0.25) is 9.79 Å². The molecule has 2 N–H and O–H groups in total. The van der Waals surface area contributed by atoms with Crippen LogP contribution < -0.4 is 10.6 Å². The van der Waals surface area contributed by atoms with Gasteiger partial charge in [0, 0.05) is 44.9 Å². The third-order valence-electron chi connectivity index (χ3n) is 4.74. The molecule has 3 rings (SSSR count). The van der Waals surface area contributed by atoms with Gasteiger partial charge in [0.15, 0.2) is 5.96 Å². The number of halogens is 1. The van der Waals surface area contributed by atoms with E-state index in [0.29, 0.717) is 11.7 Å². The van der Waals surface area contributed by atoms with Crippen LogP contribution in [0.4, 0.5) is 0 Å². The monoisotopic (exact) mass is 488 g/mol. The normalized spacial score (nSPS) is 20.2. The first kappa shape index (κ1) is 21.3. The molecule has 2 aliphatic heterocycles. The number of thioether (sulfide) groups is 1. The van der Waals surface area contributed by atoms with E-state index in [1.165, 1.54) is 29.7 Å². The van der Waals surface area contributed by atoms with Crippen LogP contribution in [0.2, 0.25) is 0 Å². The second kappa shape index (κ2) is 11.0. The summed E-state index contributed by atoms with van der Waals surface area (Å²) in [6.07, 6.45) is 4.31. The minimum absolute atomic E-state index is 0.